The van der Waals surface area contributed by atoms with Crippen LogP contribution < -0.4 is 0 Å². The minimum absolute atomic E-state index is 0.0712. The zero-order valence-electron chi connectivity index (χ0n) is 15.6. The molecule has 0 aliphatic rings. The molecule has 0 aliphatic heterocycles. The molecule has 3 aromatic carbocycles. The van der Waals surface area contributed by atoms with Crippen LogP contribution in [0.4, 0.5) is 0 Å². The van der Waals surface area contributed by atoms with Gasteiger partial charge < -0.3 is 10.2 Å². The third kappa shape index (κ3) is 3.14. The first-order valence-electron chi connectivity index (χ1n) is 8.83. The Morgan fingerprint density at radius 3 is 1.23 bits per heavy atom. The van der Waals surface area contributed by atoms with Gasteiger partial charge in [-0.2, -0.15) is 0 Å². The molecule has 4 aromatic rings. The van der Waals surface area contributed by atoms with E-state index < -0.39 is 11.5 Å². The van der Waals surface area contributed by atoms with E-state index in [1.54, 1.807) is 12.1 Å². The second-order valence-electron chi connectivity index (χ2n) is 6.60. The quantitative estimate of drug-likeness (QED) is 0.452. The van der Waals surface area contributed by atoms with E-state index in [0.717, 1.165) is 0 Å². The normalized spacial score (nSPS) is 10.7. The van der Waals surface area contributed by atoms with Crippen LogP contribution in [-0.4, -0.2) is 45.7 Å². The summed E-state index contributed by atoms with van der Waals surface area (Å²) in [6.07, 6.45) is 1.71. The highest BCUT2D eigenvalue weighted by Crippen LogP contribution is 2.37. The van der Waals surface area contributed by atoms with Gasteiger partial charge in [0, 0.05) is 11.1 Å². The van der Waals surface area contributed by atoms with E-state index in [1.807, 2.05) is 0 Å². The van der Waals surface area contributed by atoms with Crippen LogP contribution in [0.2, 0.25) is 0 Å². The maximum Gasteiger partial charge on any atom is 0.153 e. The summed E-state index contributed by atoms with van der Waals surface area (Å²) in [5.41, 5.74) is 2.06. The van der Waals surface area contributed by atoms with Crippen LogP contribution in [0.5, 0.6) is 11.5 Å². The lowest BCUT2D eigenvalue weighted by Crippen LogP contribution is -1.94. The second-order valence-corrected chi connectivity index (χ2v) is 6.60. The van der Waals surface area contributed by atoms with E-state index in [2.05, 4.69) is 10.3 Å². The van der Waals surface area contributed by atoms with Crippen LogP contribution >= 0.6 is 0 Å². The van der Waals surface area contributed by atoms with Gasteiger partial charge in [0.05, 0.1) is 22.3 Å². The number of phenolic OH excluding ortho intramolecular Hbond substituents is 2. The number of nitrogens with zero attached hydrogens (tertiary/aromatic N) is 2. The van der Waals surface area contributed by atoms with Crippen LogP contribution in [-0.2, 0) is 0 Å². The van der Waals surface area contributed by atoms with E-state index in [4.69, 9.17) is 4.63 Å². The lowest BCUT2D eigenvalue weighted by atomic mass is 9.94. The molecule has 0 unspecified atom stereocenters. The summed E-state index contributed by atoms with van der Waals surface area (Å²) in [5.74, 6) is -0.849. The minimum atomic E-state index is -0.424. The monoisotopic (exact) mass is 416 g/mol. The number of benzene rings is 3. The Morgan fingerprint density at radius 1 is 0.613 bits per heavy atom. The van der Waals surface area contributed by atoms with Gasteiger partial charge in [0.15, 0.2) is 25.1 Å². The molecule has 0 atom stereocenters. The second kappa shape index (κ2) is 7.64. The topological polar surface area (TPSA) is 148 Å². The van der Waals surface area contributed by atoms with Gasteiger partial charge in [0.25, 0.3) is 0 Å². The van der Waals surface area contributed by atoms with Gasteiger partial charge in [-0.1, -0.05) is 12.1 Å². The van der Waals surface area contributed by atoms with Crippen molar-refractivity contribution in [2.75, 3.05) is 0 Å². The van der Waals surface area contributed by atoms with Crippen molar-refractivity contribution in [2.24, 2.45) is 0 Å². The SMILES string of the molecule is O=Cc1cc(-c2ccc(-c3cc(C=O)c(O)c(C=O)c3)c3nonc23)cc(C=O)c1O. The first-order chi connectivity index (χ1) is 15.0. The predicted molar refractivity (Wildman–Crippen MR) is 108 cm³/mol. The molecule has 152 valence electrons. The Hall–Kier alpha value is -4.66. The van der Waals surface area contributed by atoms with Crippen LogP contribution in [0, 0.1) is 0 Å². The summed E-state index contributed by atoms with van der Waals surface area (Å²) in [5, 5.41) is 27.7. The Labute approximate surface area is 173 Å². The zero-order valence-corrected chi connectivity index (χ0v) is 15.6. The molecule has 0 saturated heterocycles. The molecule has 1 heterocycles. The first kappa shape index (κ1) is 19.6. The van der Waals surface area contributed by atoms with Crippen molar-refractivity contribution in [1.82, 2.24) is 10.3 Å². The molecule has 9 nitrogen and oxygen atoms in total. The Bertz CT molecular complexity index is 1230. The number of phenols is 2. The van der Waals surface area contributed by atoms with E-state index in [-0.39, 0.29) is 33.3 Å². The van der Waals surface area contributed by atoms with E-state index in [1.165, 1.54) is 24.3 Å². The van der Waals surface area contributed by atoms with Gasteiger partial charge in [0.1, 0.15) is 22.5 Å². The lowest BCUT2D eigenvalue weighted by Gasteiger charge is -2.10. The van der Waals surface area contributed by atoms with Crippen LogP contribution in [0.3, 0.4) is 0 Å². The average molecular weight is 416 g/mol. The minimum Gasteiger partial charge on any atom is -0.506 e. The van der Waals surface area contributed by atoms with Crippen molar-refractivity contribution in [3.05, 3.63) is 58.7 Å². The number of carbonyl (C=O) groups excluding carboxylic acids is 4. The summed E-state index contributed by atoms with van der Waals surface area (Å²) in [6, 6.07) is 8.85. The van der Waals surface area contributed by atoms with Gasteiger partial charge in [-0.3, -0.25) is 19.2 Å². The number of carbonyl (C=O) groups is 4. The van der Waals surface area contributed by atoms with Gasteiger partial charge in [0.2, 0.25) is 0 Å². The first-order valence-corrected chi connectivity index (χ1v) is 8.83. The molecule has 0 aliphatic carbocycles. The highest BCUT2D eigenvalue weighted by Gasteiger charge is 2.19. The Kier molecular flexibility index (Phi) is 4.84. The summed E-state index contributed by atoms with van der Waals surface area (Å²) >= 11 is 0. The lowest BCUT2D eigenvalue weighted by molar-refractivity contribution is 0.110. The number of aldehydes is 4. The summed E-state index contributed by atoms with van der Waals surface area (Å²) < 4.78 is 4.89. The number of aromatic hydroxyl groups is 2. The molecule has 0 amide bonds. The standard InChI is InChI=1S/C22H12N2O7/c25-7-13-3-11(4-14(8-26)21(13)29)17-1-2-18(20-19(17)23-31-24-20)12-5-15(9-27)22(30)16(6-12)10-28/h1-10,29-30H. The maximum absolute atomic E-state index is 11.3. The number of fused-ring (bicyclic) bond motifs is 1. The van der Waals surface area contributed by atoms with Gasteiger partial charge in [-0.25, -0.2) is 4.63 Å². The smallest absolute Gasteiger partial charge is 0.153 e. The fourth-order valence-electron chi connectivity index (χ4n) is 3.36. The van der Waals surface area contributed by atoms with Crippen molar-refractivity contribution < 1.29 is 34.0 Å². The van der Waals surface area contributed by atoms with E-state index in [9.17, 15) is 29.4 Å². The fraction of sp³-hybridized carbons (Fsp3) is 0. The molecule has 0 saturated carbocycles. The molecule has 0 radical (unpaired) electrons. The van der Waals surface area contributed by atoms with Crippen LogP contribution in [0.15, 0.2) is 41.0 Å². The third-order valence-corrected chi connectivity index (χ3v) is 4.88. The summed E-state index contributed by atoms with van der Waals surface area (Å²) in [7, 11) is 0. The van der Waals surface area contributed by atoms with Crippen molar-refractivity contribution in [3.63, 3.8) is 0 Å². The molecule has 0 spiro atoms. The molecule has 9 heteroatoms. The van der Waals surface area contributed by atoms with Crippen molar-refractivity contribution in [3.8, 4) is 33.8 Å². The molecular weight excluding hydrogens is 404 g/mol. The highest BCUT2D eigenvalue weighted by molar-refractivity contribution is 6.03. The molecule has 31 heavy (non-hydrogen) atoms. The maximum atomic E-state index is 11.3. The number of aromatic nitrogens is 2. The number of hydrogen-bond acceptors (Lipinski definition) is 9. The van der Waals surface area contributed by atoms with Crippen molar-refractivity contribution >= 4 is 36.2 Å². The highest BCUT2D eigenvalue weighted by atomic mass is 16.6. The predicted octanol–water partition coefficient (Wildman–Crippen LogP) is 3.22. The molecule has 0 fully saturated rings. The molecule has 1 aromatic heterocycles. The van der Waals surface area contributed by atoms with E-state index in [0.29, 0.717) is 47.4 Å². The molecular formula is C22H12N2O7. The zero-order chi connectivity index (χ0) is 22.1. The van der Waals surface area contributed by atoms with Crippen LogP contribution in [0.1, 0.15) is 41.4 Å². The fourth-order valence-corrected chi connectivity index (χ4v) is 3.36. The summed E-state index contributed by atoms with van der Waals surface area (Å²) in [4.78, 5) is 45.1. The summed E-state index contributed by atoms with van der Waals surface area (Å²) in [6.45, 7) is 0. The van der Waals surface area contributed by atoms with Gasteiger partial charge >= 0.3 is 0 Å². The van der Waals surface area contributed by atoms with E-state index >= 15 is 0 Å². The van der Waals surface area contributed by atoms with Crippen molar-refractivity contribution in [2.45, 2.75) is 0 Å². The van der Waals surface area contributed by atoms with Gasteiger partial charge in [-0.05, 0) is 45.7 Å². The Morgan fingerprint density at radius 2 is 0.935 bits per heavy atom. The largest absolute Gasteiger partial charge is 0.506 e. The van der Waals surface area contributed by atoms with Crippen LogP contribution in [0.25, 0.3) is 33.3 Å². The third-order valence-electron chi connectivity index (χ3n) is 4.88. The Balaban J connectivity index is 1.96. The average Bonchev–Trinajstić information content (AvgIpc) is 3.29. The van der Waals surface area contributed by atoms with Gasteiger partial charge in [-0.15, -0.1) is 0 Å². The molecule has 2 N–H and O–H groups in total. The molecule has 4 rings (SSSR count). The number of rotatable bonds is 6. The van der Waals surface area contributed by atoms with Crippen molar-refractivity contribution in [1.29, 1.82) is 0 Å². The molecule has 0 bridgehead atoms. The number of hydrogen-bond donors (Lipinski definition) is 2.